The number of rotatable bonds is 8. The molecule has 0 bridgehead atoms. The van der Waals surface area contributed by atoms with E-state index in [0.29, 0.717) is 27.1 Å². The highest BCUT2D eigenvalue weighted by atomic mass is 35.5. The van der Waals surface area contributed by atoms with Crippen molar-refractivity contribution in [2.75, 3.05) is 6.54 Å². The monoisotopic (exact) mass is 505 g/mol. The van der Waals surface area contributed by atoms with E-state index in [4.69, 9.17) is 27.6 Å². The van der Waals surface area contributed by atoms with Crippen molar-refractivity contribution >= 4 is 41.2 Å². The van der Waals surface area contributed by atoms with E-state index in [1.54, 1.807) is 30.3 Å². The topological polar surface area (TPSA) is 83.7 Å². The first-order chi connectivity index (χ1) is 17.0. The van der Waals surface area contributed by atoms with Crippen LogP contribution in [0.5, 0.6) is 0 Å². The van der Waals surface area contributed by atoms with Crippen molar-refractivity contribution in [2.24, 2.45) is 5.10 Å². The lowest BCUT2D eigenvalue weighted by molar-refractivity contribution is -0.126. The van der Waals surface area contributed by atoms with Gasteiger partial charge in [-0.05, 0) is 41.5 Å². The summed E-state index contributed by atoms with van der Waals surface area (Å²) in [5, 5.41) is 7.58. The molecule has 35 heavy (non-hydrogen) atoms. The van der Waals surface area contributed by atoms with Crippen LogP contribution in [0.1, 0.15) is 22.8 Å². The van der Waals surface area contributed by atoms with Crippen LogP contribution >= 0.6 is 23.2 Å². The minimum Gasteiger partial charge on any atom is -0.455 e. The molecule has 0 spiro atoms. The van der Waals surface area contributed by atoms with Gasteiger partial charge in [-0.1, -0.05) is 83.9 Å². The van der Waals surface area contributed by atoms with Crippen molar-refractivity contribution < 1.29 is 14.0 Å². The predicted octanol–water partition coefficient (Wildman–Crippen LogP) is 5.65. The maximum atomic E-state index is 13.0. The molecule has 0 aliphatic heterocycles. The quantitative estimate of drug-likeness (QED) is 0.239. The number of halogens is 2. The molecule has 0 aliphatic rings. The van der Waals surface area contributed by atoms with Gasteiger partial charge in [0.05, 0.1) is 23.7 Å². The molecule has 6 nitrogen and oxygen atoms in total. The lowest BCUT2D eigenvalue weighted by Crippen LogP contribution is -2.37. The number of benzene rings is 3. The maximum Gasteiger partial charge on any atom is 0.259 e. The van der Waals surface area contributed by atoms with Crippen LogP contribution in [-0.2, 0) is 9.59 Å². The summed E-state index contributed by atoms with van der Waals surface area (Å²) in [4.78, 5) is 25.2. The molecule has 0 atom stereocenters. The number of amides is 2. The molecule has 3 aromatic carbocycles. The van der Waals surface area contributed by atoms with Gasteiger partial charge in [0.2, 0.25) is 5.91 Å². The van der Waals surface area contributed by atoms with Crippen molar-refractivity contribution in [3.63, 3.8) is 0 Å². The third-order valence-electron chi connectivity index (χ3n) is 5.16. The number of nitrogens with zero attached hydrogens (tertiary/aromatic N) is 1. The molecule has 0 unspecified atom stereocenters. The Bertz CT molecular complexity index is 1300. The van der Waals surface area contributed by atoms with E-state index < -0.39 is 11.8 Å². The number of carbonyl (C=O) groups excluding carboxylic acids is 2. The van der Waals surface area contributed by atoms with Gasteiger partial charge in [-0.2, -0.15) is 5.10 Å². The number of hydrazone groups is 1. The molecule has 4 rings (SSSR count). The molecule has 1 aromatic heterocycles. The zero-order valence-electron chi connectivity index (χ0n) is 18.4. The highest BCUT2D eigenvalue weighted by Gasteiger charge is 2.22. The molecule has 176 valence electrons. The van der Waals surface area contributed by atoms with Gasteiger partial charge in [0.1, 0.15) is 11.5 Å². The molecule has 4 aromatic rings. The third-order valence-corrected chi connectivity index (χ3v) is 5.70. The van der Waals surface area contributed by atoms with Crippen LogP contribution in [-0.4, -0.2) is 24.6 Å². The van der Waals surface area contributed by atoms with Gasteiger partial charge in [-0.3, -0.25) is 9.59 Å². The van der Waals surface area contributed by atoms with Gasteiger partial charge < -0.3 is 9.73 Å². The Balaban J connectivity index is 1.34. The normalized spacial score (nSPS) is 11.1. The second-order valence-corrected chi connectivity index (χ2v) is 8.44. The number of carbonyl (C=O) groups is 2. The lowest BCUT2D eigenvalue weighted by Gasteiger charge is -2.17. The summed E-state index contributed by atoms with van der Waals surface area (Å²) >= 11 is 12.1. The summed E-state index contributed by atoms with van der Waals surface area (Å²) in [6, 6.07) is 27.4. The molecule has 0 saturated carbocycles. The minimum atomic E-state index is -0.532. The Labute approximate surface area is 212 Å². The summed E-state index contributed by atoms with van der Waals surface area (Å²) in [6.45, 7) is -0.226. The first kappa shape index (κ1) is 24.3. The largest absolute Gasteiger partial charge is 0.455 e. The Morgan fingerprint density at radius 2 is 1.54 bits per heavy atom. The fraction of sp³-hybridized carbons (Fsp3) is 0.0741. The van der Waals surface area contributed by atoms with Gasteiger partial charge >= 0.3 is 0 Å². The van der Waals surface area contributed by atoms with Crippen LogP contribution in [0, 0.1) is 0 Å². The molecule has 0 fully saturated rings. The summed E-state index contributed by atoms with van der Waals surface area (Å²) in [6.07, 6.45) is 1.36. The molecular formula is C27H21Cl2N3O3. The van der Waals surface area contributed by atoms with E-state index in [1.807, 2.05) is 60.7 Å². The predicted molar refractivity (Wildman–Crippen MR) is 138 cm³/mol. The summed E-state index contributed by atoms with van der Waals surface area (Å²) in [7, 11) is 0. The molecule has 2 amide bonds. The van der Waals surface area contributed by atoms with E-state index in [9.17, 15) is 9.59 Å². The zero-order valence-corrected chi connectivity index (χ0v) is 20.0. The average molecular weight is 506 g/mol. The molecular weight excluding hydrogens is 485 g/mol. The minimum absolute atomic E-state index is 0.226. The molecule has 1 heterocycles. The highest BCUT2D eigenvalue weighted by molar-refractivity contribution is 6.36. The highest BCUT2D eigenvalue weighted by Crippen LogP contribution is 2.31. The molecule has 0 saturated heterocycles. The SMILES string of the molecule is O=C(CNC(=O)C(c1ccccc1)c1ccccc1)NN=Cc1ccc(-c2ccc(Cl)cc2Cl)o1. The fourth-order valence-corrected chi connectivity index (χ4v) is 4.02. The third kappa shape index (κ3) is 6.38. The van der Waals surface area contributed by atoms with Crippen molar-refractivity contribution in [2.45, 2.75) is 5.92 Å². The number of hydrogen-bond donors (Lipinski definition) is 2. The number of furan rings is 1. The van der Waals surface area contributed by atoms with Crippen LogP contribution in [0.3, 0.4) is 0 Å². The van der Waals surface area contributed by atoms with Gasteiger partial charge in [-0.15, -0.1) is 0 Å². The van der Waals surface area contributed by atoms with E-state index in [1.165, 1.54) is 6.21 Å². The zero-order chi connectivity index (χ0) is 24.6. The summed E-state index contributed by atoms with van der Waals surface area (Å²) in [5.74, 6) is -0.322. The van der Waals surface area contributed by atoms with Crippen LogP contribution in [0.2, 0.25) is 10.0 Å². The van der Waals surface area contributed by atoms with Crippen molar-refractivity contribution in [3.05, 3.63) is 118 Å². The summed E-state index contributed by atoms with van der Waals surface area (Å²) in [5.41, 5.74) is 4.75. The Kier molecular flexibility index (Phi) is 7.98. The Morgan fingerprint density at radius 3 is 2.17 bits per heavy atom. The Hall–Kier alpha value is -3.87. The van der Waals surface area contributed by atoms with Crippen LogP contribution in [0.4, 0.5) is 0 Å². The fourth-order valence-electron chi connectivity index (χ4n) is 3.52. The van der Waals surface area contributed by atoms with Crippen LogP contribution in [0.25, 0.3) is 11.3 Å². The van der Waals surface area contributed by atoms with Crippen molar-refractivity contribution in [1.82, 2.24) is 10.7 Å². The number of nitrogens with one attached hydrogen (secondary N) is 2. The van der Waals surface area contributed by atoms with E-state index >= 15 is 0 Å². The second-order valence-electron chi connectivity index (χ2n) is 7.59. The van der Waals surface area contributed by atoms with E-state index in [2.05, 4.69) is 15.8 Å². The van der Waals surface area contributed by atoms with Gasteiger partial charge in [-0.25, -0.2) is 5.43 Å². The van der Waals surface area contributed by atoms with Crippen LogP contribution < -0.4 is 10.7 Å². The first-order valence-electron chi connectivity index (χ1n) is 10.8. The van der Waals surface area contributed by atoms with Crippen LogP contribution in [0.15, 0.2) is 101 Å². The smallest absolute Gasteiger partial charge is 0.259 e. The van der Waals surface area contributed by atoms with E-state index in [-0.39, 0.29) is 12.5 Å². The molecule has 0 aliphatic carbocycles. The number of hydrogen-bond acceptors (Lipinski definition) is 4. The Morgan fingerprint density at radius 1 is 0.886 bits per heavy atom. The molecule has 0 radical (unpaired) electrons. The van der Waals surface area contributed by atoms with E-state index in [0.717, 1.165) is 11.1 Å². The molecule has 8 heteroatoms. The first-order valence-corrected chi connectivity index (χ1v) is 11.5. The summed E-state index contributed by atoms with van der Waals surface area (Å²) < 4.78 is 5.70. The van der Waals surface area contributed by atoms with Gasteiger partial charge in [0.25, 0.3) is 5.91 Å². The van der Waals surface area contributed by atoms with Gasteiger partial charge in [0.15, 0.2) is 0 Å². The van der Waals surface area contributed by atoms with Crippen molar-refractivity contribution in [1.29, 1.82) is 0 Å². The maximum absolute atomic E-state index is 13.0. The lowest BCUT2D eigenvalue weighted by atomic mass is 9.90. The second kappa shape index (κ2) is 11.5. The molecule has 2 N–H and O–H groups in total. The van der Waals surface area contributed by atoms with Gasteiger partial charge in [0, 0.05) is 10.6 Å². The van der Waals surface area contributed by atoms with Crippen molar-refractivity contribution in [3.8, 4) is 11.3 Å². The standard InChI is InChI=1S/C27H21Cl2N3O3/c28-20-11-13-22(23(29)15-20)24-14-12-21(35-24)16-31-32-25(33)17-30-27(34)26(18-7-3-1-4-8-18)19-9-5-2-6-10-19/h1-16,26H,17H2,(H,30,34)(H,32,33). The average Bonchev–Trinajstić information content (AvgIpc) is 3.33.